The summed E-state index contributed by atoms with van der Waals surface area (Å²) in [5.41, 5.74) is 0.524. The molecule has 0 saturated heterocycles. The zero-order valence-electron chi connectivity index (χ0n) is 8.78. The molecule has 0 amide bonds. The van der Waals surface area contributed by atoms with Crippen LogP contribution in [0.15, 0.2) is 24.3 Å². The molecule has 0 aromatic heterocycles. The molecule has 0 bridgehead atoms. The van der Waals surface area contributed by atoms with Crippen molar-refractivity contribution in [1.82, 2.24) is 0 Å². The quantitative estimate of drug-likeness (QED) is 0.579. The third-order valence-electron chi connectivity index (χ3n) is 2.34. The van der Waals surface area contributed by atoms with Crippen molar-refractivity contribution in [2.45, 2.75) is 12.5 Å². The second-order valence-electron chi connectivity index (χ2n) is 3.60. The van der Waals surface area contributed by atoms with Gasteiger partial charge in [-0.2, -0.15) is 0 Å². The van der Waals surface area contributed by atoms with Gasteiger partial charge in [0.05, 0.1) is 5.92 Å². The molecule has 0 heterocycles. The van der Waals surface area contributed by atoms with Gasteiger partial charge in [-0.3, -0.25) is 4.79 Å². The highest BCUT2D eigenvalue weighted by atomic mass is 16.4. The Labute approximate surface area is 96.8 Å². The zero-order valence-corrected chi connectivity index (χ0v) is 8.78. The Hall–Kier alpha value is -2.08. The molecular formula is C11H12O6. The summed E-state index contributed by atoms with van der Waals surface area (Å²) in [6.45, 7) is 0. The van der Waals surface area contributed by atoms with E-state index < -0.39 is 24.0 Å². The van der Waals surface area contributed by atoms with E-state index in [4.69, 9.17) is 15.3 Å². The number of phenols is 1. The summed E-state index contributed by atoms with van der Waals surface area (Å²) in [5.74, 6) is -4.35. The molecule has 92 valence electrons. The average Bonchev–Trinajstić information content (AvgIpc) is 2.26. The maximum atomic E-state index is 10.8. The summed E-state index contributed by atoms with van der Waals surface area (Å²) in [7, 11) is 0. The maximum Gasteiger partial charge on any atom is 0.333 e. The Balaban J connectivity index is 2.84. The first kappa shape index (κ1) is 13.0. The number of hydrogen-bond acceptors (Lipinski definition) is 4. The van der Waals surface area contributed by atoms with Crippen molar-refractivity contribution in [2.75, 3.05) is 0 Å². The van der Waals surface area contributed by atoms with Gasteiger partial charge in [0, 0.05) is 0 Å². The Morgan fingerprint density at radius 1 is 1.06 bits per heavy atom. The van der Waals surface area contributed by atoms with E-state index in [0.29, 0.717) is 5.56 Å². The summed E-state index contributed by atoms with van der Waals surface area (Å²) >= 11 is 0. The molecule has 1 rings (SSSR count). The van der Waals surface area contributed by atoms with E-state index in [9.17, 15) is 14.7 Å². The van der Waals surface area contributed by atoms with Gasteiger partial charge in [-0.15, -0.1) is 0 Å². The van der Waals surface area contributed by atoms with Crippen LogP contribution >= 0.6 is 0 Å². The Morgan fingerprint density at radius 3 is 2.00 bits per heavy atom. The standard InChI is InChI=1S/C11H12O6/c12-7-3-1-6(2-4-7)5-8(10(14)15)9(13)11(16)17/h1-4,8-9,12-13H,5H2,(H,14,15)(H,16,17)/t8-,9+/m0/s1. The van der Waals surface area contributed by atoms with Crippen LogP contribution < -0.4 is 0 Å². The fraction of sp³-hybridized carbons (Fsp3) is 0.273. The SMILES string of the molecule is O=C(O)[C@@H](Cc1ccc(O)cc1)[C@@H](O)C(=O)O. The van der Waals surface area contributed by atoms with Crippen LogP contribution in [-0.4, -0.2) is 38.5 Å². The molecule has 6 heteroatoms. The van der Waals surface area contributed by atoms with E-state index in [0.717, 1.165) is 0 Å². The van der Waals surface area contributed by atoms with Crippen molar-refractivity contribution in [2.24, 2.45) is 5.92 Å². The van der Waals surface area contributed by atoms with Crippen LogP contribution in [0.1, 0.15) is 5.56 Å². The first-order chi connectivity index (χ1) is 7.91. The third kappa shape index (κ3) is 3.46. The predicted molar refractivity (Wildman–Crippen MR) is 56.6 cm³/mol. The molecule has 0 spiro atoms. The topological polar surface area (TPSA) is 115 Å². The van der Waals surface area contributed by atoms with E-state index in [1.54, 1.807) is 0 Å². The summed E-state index contributed by atoms with van der Waals surface area (Å²) in [6, 6.07) is 5.67. The molecule has 4 N–H and O–H groups in total. The summed E-state index contributed by atoms with van der Waals surface area (Å²) in [6.07, 6.45) is -2.08. The highest BCUT2D eigenvalue weighted by molar-refractivity contribution is 5.81. The number of aliphatic hydroxyl groups is 1. The fourth-order valence-electron chi connectivity index (χ4n) is 1.39. The number of aliphatic carboxylic acids is 2. The van der Waals surface area contributed by atoms with Crippen LogP contribution in [0, 0.1) is 5.92 Å². The molecule has 0 aliphatic carbocycles. The molecule has 0 unspecified atom stereocenters. The minimum absolute atomic E-state index is 0.0272. The number of carboxylic acids is 2. The van der Waals surface area contributed by atoms with Gasteiger partial charge in [-0.1, -0.05) is 12.1 Å². The van der Waals surface area contributed by atoms with E-state index in [-0.39, 0.29) is 12.2 Å². The minimum Gasteiger partial charge on any atom is -0.508 e. The molecule has 17 heavy (non-hydrogen) atoms. The zero-order chi connectivity index (χ0) is 13.0. The van der Waals surface area contributed by atoms with Crippen LogP contribution in [0.25, 0.3) is 0 Å². The van der Waals surface area contributed by atoms with Gasteiger partial charge in [0.15, 0.2) is 6.10 Å². The van der Waals surface area contributed by atoms with Crippen LogP contribution in [0.2, 0.25) is 0 Å². The van der Waals surface area contributed by atoms with Crippen molar-refractivity contribution in [1.29, 1.82) is 0 Å². The normalized spacial score (nSPS) is 13.9. The Bertz CT molecular complexity index is 410. The predicted octanol–water partition coefficient (Wildman–Crippen LogP) is 0.0810. The van der Waals surface area contributed by atoms with Crippen molar-refractivity contribution in [3.05, 3.63) is 29.8 Å². The second kappa shape index (κ2) is 5.31. The summed E-state index contributed by atoms with van der Waals surface area (Å²) in [4.78, 5) is 21.4. The highest BCUT2D eigenvalue weighted by Crippen LogP contribution is 2.16. The van der Waals surface area contributed by atoms with Gasteiger partial charge in [0.1, 0.15) is 5.75 Å². The lowest BCUT2D eigenvalue weighted by Crippen LogP contribution is -2.36. The number of phenolic OH excluding ortho intramolecular Hbond substituents is 1. The number of rotatable bonds is 5. The van der Waals surface area contributed by atoms with Crippen molar-refractivity contribution < 1.29 is 30.0 Å². The molecule has 6 nitrogen and oxygen atoms in total. The van der Waals surface area contributed by atoms with Gasteiger partial charge in [-0.25, -0.2) is 4.79 Å². The fourth-order valence-corrected chi connectivity index (χ4v) is 1.39. The Morgan fingerprint density at radius 2 is 1.59 bits per heavy atom. The molecular weight excluding hydrogens is 228 g/mol. The largest absolute Gasteiger partial charge is 0.508 e. The van der Waals surface area contributed by atoms with Crippen LogP contribution in [0.3, 0.4) is 0 Å². The van der Waals surface area contributed by atoms with Gasteiger partial charge < -0.3 is 20.4 Å². The van der Waals surface area contributed by atoms with Gasteiger partial charge in [0.25, 0.3) is 0 Å². The first-order valence-corrected chi connectivity index (χ1v) is 4.83. The van der Waals surface area contributed by atoms with Gasteiger partial charge >= 0.3 is 11.9 Å². The highest BCUT2D eigenvalue weighted by Gasteiger charge is 2.31. The minimum atomic E-state index is -1.96. The lowest BCUT2D eigenvalue weighted by atomic mass is 9.94. The lowest BCUT2D eigenvalue weighted by molar-refractivity contribution is -0.159. The molecule has 1 aromatic carbocycles. The maximum absolute atomic E-state index is 10.8. The van der Waals surface area contributed by atoms with Crippen molar-refractivity contribution in [3.8, 4) is 5.75 Å². The second-order valence-corrected chi connectivity index (χ2v) is 3.60. The molecule has 0 fully saturated rings. The van der Waals surface area contributed by atoms with Crippen LogP contribution in [0.5, 0.6) is 5.75 Å². The molecule has 0 aliphatic rings. The third-order valence-corrected chi connectivity index (χ3v) is 2.34. The van der Waals surface area contributed by atoms with Crippen LogP contribution in [-0.2, 0) is 16.0 Å². The number of carbonyl (C=O) groups is 2. The number of benzene rings is 1. The van der Waals surface area contributed by atoms with E-state index in [1.165, 1.54) is 24.3 Å². The number of aromatic hydroxyl groups is 1. The van der Waals surface area contributed by atoms with Gasteiger partial charge in [-0.05, 0) is 24.1 Å². The number of carboxylic acid groups (broad SMARTS) is 2. The van der Waals surface area contributed by atoms with E-state index in [1.807, 2.05) is 0 Å². The molecule has 1 aromatic rings. The Kier molecular flexibility index (Phi) is 4.06. The van der Waals surface area contributed by atoms with Crippen LogP contribution in [0.4, 0.5) is 0 Å². The first-order valence-electron chi connectivity index (χ1n) is 4.83. The molecule has 0 radical (unpaired) electrons. The summed E-state index contributed by atoms with van der Waals surface area (Å²) in [5, 5.41) is 35.7. The molecule has 0 aliphatic heterocycles. The van der Waals surface area contributed by atoms with Gasteiger partial charge in [0.2, 0.25) is 0 Å². The van der Waals surface area contributed by atoms with Crippen molar-refractivity contribution >= 4 is 11.9 Å². The molecule has 0 saturated carbocycles. The monoisotopic (exact) mass is 240 g/mol. The lowest BCUT2D eigenvalue weighted by Gasteiger charge is -2.15. The smallest absolute Gasteiger partial charge is 0.333 e. The van der Waals surface area contributed by atoms with Crippen molar-refractivity contribution in [3.63, 3.8) is 0 Å². The van der Waals surface area contributed by atoms with E-state index in [2.05, 4.69) is 0 Å². The summed E-state index contributed by atoms with van der Waals surface area (Å²) < 4.78 is 0. The number of aliphatic hydroxyl groups excluding tert-OH is 1. The average molecular weight is 240 g/mol. The van der Waals surface area contributed by atoms with E-state index >= 15 is 0 Å². The number of hydrogen-bond donors (Lipinski definition) is 4. The molecule has 2 atom stereocenters.